The first-order valence-corrected chi connectivity index (χ1v) is 15.0. The van der Waals surface area contributed by atoms with Crippen molar-refractivity contribution in [3.05, 3.63) is 95.1 Å². The number of carbonyl (C=O) groups is 1. The quantitative estimate of drug-likeness (QED) is 0.328. The molecule has 6 nitrogen and oxygen atoms in total. The second-order valence-electron chi connectivity index (χ2n) is 11.7. The zero-order valence-corrected chi connectivity index (χ0v) is 23.8. The molecule has 0 spiro atoms. The molecular formula is C31H36F2N2O4S. The summed E-state index contributed by atoms with van der Waals surface area (Å²) in [5.74, 6) is -3.10. The summed E-state index contributed by atoms with van der Waals surface area (Å²) >= 11 is 0. The van der Waals surface area contributed by atoms with Gasteiger partial charge in [-0.3, -0.25) is 4.79 Å². The number of para-hydroxylation sites is 1. The van der Waals surface area contributed by atoms with Crippen molar-refractivity contribution >= 4 is 21.4 Å². The molecule has 214 valence electrons. The average molecular weight is 571 g/mol. The van der Waals surface area contributed by atoms with Crippen LogP contribution in [0.3, 0.4) is 0 Å². The minimum Gasteiger partial charge on any atom is -0.391 e. The molecular weight excluding hydrogens is 534 g/mol. The van der Waals surface area contributed by atoms with Gasteiger partial charge in [0, 0.05) is 24.3 Å². The van der Waals surface area contributed by atoms with Gasteiger partial charge in [-0.25, -0.2) is 17.2 Å². The van der Waals surface area contributed by atoms with Crippen molar-refractivity contribution in [3.8, 4) is 0 Å². The van der Waals surface area contributed by atoms with Crippen molar-refractivity contribution in [2.75, 3.05) is 17.6 Å². The number of aliphatic hydroxyl groups is 1. The van der Waals surface area contributed by atoms with Gasteiger partial charge >= 0.3 is 0 Å². The van der Waals surface area contributed by atoms with Crippen LogP contribution in [0.5, 0.6) is 0 Å². The van der Waals surface area contributed by atoms with Gasteiger partial charge in [0.25, 0.3) is 0 Å². The van der Waals surface area contributed by atoms with Crippen molar-refractivity contribution < 1.29 is 27.1 Å². The lowest BCUT2D eigenvalue weighted by atomic mass is 9.87. The Morgan fingerprint density at radius 1 is 1.00 bits per heavy atom. The number of amides is 1. The number of rotatable bonds is 9. The fraction of sp³-hybridized carbons (Fsp3) is 0.387. The summed E-state index contributed by atoms with van der Waals surface area (Å²) in [6.07, 6.45) is -0.241. The van der Waals surface area contributed by atoms with Crippen molar-refractivity contribution in [1.29, 1.82) is 0 Å². The molecule has 1 aliphatic rings. The number of halogens is 2. The van der Waals surface area contributed by atoms with E-state index in [1.807, 2.05) is 12.1 Å². The Kier molecular flexibility index (Phi) is 9.07. The van der Waals surface area contributed by atoms with E-state index in [0.717, 1.165) is 30.2 Å². The standard InChI is InChI=1S/C31H36F2N2O4S/c1-31(2,3)18-20-9-10-29-25(15-20)27(11-12-40(29,38)39)34-19-28(36)26(16-21-13-22(32)17-23(33)14-21)30(37)35-24-7-5-4-6-8-24/h4-10,13-15,17,26-28,34,36H,11-12,16,18-19H2,1-3H3,(H,35,37). The molecule has 0 fully saturated rings. The zero-order valence-electron chi connectivity index (χ0n) is 23.0. The smallest absolute Gasteiger partial charge is 0.230 e. The number of nitrogens with one attached hydrogen (secondary N) is 2. The van der Waals surface area contributed by atoms with Crippen LogP contribution in [-0.4, -0.2) is 37.8 Å². The van der Waals surface area contributed by atoms with Gasteiger partial charge in [0.2, 0.25) is 5.91 Å². The molecule has 0 aromatic heterocycles. The second kappa shape index (κ2) is 12.2. The number of fused-ring (bicyclic) bond motifs is 1. The molecule has 3 aromatic carbocycles. The molecule has 1 heterocycles. The summed E-state index contributed by atoms with van der Waals surface area (Å²) < 4.78 is 53.4. The first-order chi connectivity index (χ1) is 18.8. The summed E-state index contributed by atoms with van der Waals surface area (Å²) in [5, 5.41) is 17.3. The molecule has 0 aliphatic carbocycles. The maximum atomic E-state index is 13.9. The van der Waals surface area contributed by atoms with Crippen LogP contribution in [-0.2, 0) is 27.5 Å². The molecule has 3 atom stereocenters. The molecule has 0 saturated heterocycles. The lowest BCUT2D eigenvalue weighted by Gasteiger charge is -2.30. The third-order valence-electron chi connectivity index (χ3n) is 6.99. The molecule has 9 heteroatoms. The summed E-state index contributed by atoms with van der Waals surface area (Å²) in [6.45, 7) is 6.31. The van der Waals surface area contributed by atoms with Crippen LogP contribution >= 0.6 is 0 Å². The predicted molar refractivity (Wildman–Crippen MR) is 152 cm³/mol. The van der Waals surface area contributed by atoms with Gasteiger partial charge < -0.3 is 15.7 Å². The maximum absolute atomic E-state index is 13.9. The highest BCUT2D eigenvalue weighted by molar-refractivity contribution is 7.91. The van der Waals surface area contributed by atoms with Crippen molar-refractivity contribution in [2.24, 2.45) is 11.3 Å². The lowest BCUT2D eigenvalue weighted by Crippen LogP contribution is -2.42. The lowest BCUT2D eigenvalue weighted by molar-refractivity contribution is -0.123. The van der Waals surface area contributed by atoms with Crippen LogP contribution in [0.1, 0.15) is 49.9 Å². The average Bonchev–Trinajstić information content (AvgIpc) is 2.85. The molecule has 3 unspecified atom stereocenters. The highest BCUT2D eigenvalue weighted by atomic mass is 32.2. The van der Waals surface area contributed by atoms with E-state index < -0.39 is 39.4 Å². The third-order valence-corrected chi connectivity index (χ3v) is 8.80. The highest BCUT2D eigenvalue weighted by Crippen LogP contribution is 2.34. The number of hydrogen-bond donors (Lipinski definition) is 3. The van der Waals surface area contributed by atoms with Gasteiger partial charge in [0.05, 0.1) is 22.7 Å². The Hall–Kier alpha value is -3.14. The van der Waals surface area contributed by atoms with E-state index >= 15 is 0 Å². The fourth-order valence-corrected chi connectivity index (χ4v) is 6.78. The second-order valence-corrected chi connectivity index (χ2v) is 13.8. The summed E-state index contributed by atoms with van der Waals surface area (Å²) in [6, 6.07) is 16.8. The molecule has 3 N–H and O–H groups in total. The maximum Gasteiger partial charge on any atom is 0.230 e. The van der Waals surface area contributed by atoms with Crippen molar-refractivity contribution in [3.63, 3.8) is 0 Å². The zero-order chi connectivity index (χ0) is 29.1. The number of sulfone groups is 1. The Bertz CT molecular complexity index is 1440. The first kappa shape index (κ1) is 29.8. The van der Waals surface area contributed by atoms with Crippen LogP contribution in [0.15, 0.2) is 71.6 Å². The van der Waals surface area contributed by atoms with E-state index in [1.165, 1.54) is 0 Å². The summed E-state index contributed by atoms with van der Waals surface area (Å²) in [5.41, 5.74) is 2.45. The Morgan fingerprint density at radius 3 is 2.33 bits per heavy atom. The van der Waals surface area contributed by atoms with Crippen LogP contribution in [0.2, 0.25) is 0 Å². The Balaban J connectivity index is 1.56. The molecule has 4 rings (SSSR count). The molecule has 0 radical (unpaired) electrons. The number of hydrogen-bond acceptors (Lipinski definition) is 5. The van der Waals surface area contributed by atoms with E-state index in [1.54, 1.807) is 36.4 Å². The van der Waals surface area contributed by atoms with Crippen LogP contribution < -0.4 is 10.6 Å². The van der Waals surface area contributed by atoms with Crippen molar-refractivity contribution in [1.82, 2.24) is 5.32 Å². The molecule has 1 aliphatic heterocycles. The Labute approximate surface area is 234 Å². The summed E-state index contributed by atoms with van der Waals surface area (Å²) in [7, 11) is -3.42. The minimum atomic E-state index is -3.42. The van der Waals surface area contributed by atoms with E-state index in [0.29, 0.717) is 17.7 Å². The van der Waals surface area contributed by atoms with Gasteiger partial charge in [0.1, 0.15) is 11.6 Å². The van der Waals surface area contributed by atoms with Gasteiger partial charge in [-0.2, -0.15) is 0 Å². The largest absolute Gasteiger partial charge is 0.391 e. The normalized spacial score (nSPS) is 18.0. The van der Waals surface area contributed by atoms with E-state index in [-0.39, 0.29) is 40.6 Å². The van der Waals surface area contributed by atoms with Crippen LogP contribution in [0.4, 0.5) is 14.5 Å². The van der Waals surface area contributed by atoms with Crippen molar-refractivity contribution in [2.45, 2.75) is 57.1 Å². The van der Waals surface area contributed by atoms with Gasteiger partial charge in [-0.1, -0.05) is 51.1 Å². The van der Waals surface area contributed by atoms with Gasteiger partial charge in [-0.15, -0.1) is 0 Å². The third kappa shape index (κ3) is 7.74. The SMILES string of the molecule is CC(C)(C)Cc1ccc2c(c1)C(NCC(O)C(Cc1cc(F)cc(F)c1)C(=O)Nc1ccccc1)CCS2(=O)=O. The predicted octanol–water partition coefficient (Wildman–Crippen LogP) is 5.22. The number of aliphatic hydroxyl groups excluding tert-OH is 1. The monoisotopic (exact) mass is 570 g/mol. The topological polar surface area (TPSA) is 95.5 Å². The van der Waals surface area contributed by atoms with Gasteiger partial charge in [-0.05, 0) is 71.7 Å². The number of anilines is 1. The van der Waals surface area contributed by atoms with Crippen LogP contribution in [0.25, 0.3) is 0 Å². The van der Waals surface area contributed by atoms with E-state index in [4.69, 9.17) is 0 Å². The molecule has 0 bridgehead atoms. The number of carbonyl (C=O) groups excluding carboxylic acids is 1. The molecule has 0 saturated carbocycles. The fourth-order valence-electron chi connectivity index (χ4n) is 5.17. The molecule has 40 heavy (non-hydrogen) atoms. The molecule has 3 aromatic rings. The van der Waals surface area contributed by atoms with Gasteiger partial charge in [0.15, 0.2) is 9.84 Å². The van der Waals surface area contributed by atoms with E-state index in [2.05, 4.69) is 31.4 Å². The number of benzene rings is 3. The highest BCUT2D eigenvalue weighted by Gasteiger charge is 2.33. The minimum absolute atomic E-state index is 0.0105. The molecule has 1 amide bonds. The van der Waals surface area contributed by atoms with Crippen LogP contribution in [0, 0.1) is 23.0 Å². The Morgan fingerprint density at radius 2 is 1.68 bits per heavy atom. The first-order valence-electron chi connectivity index (χ1n) is 13.4. The summed E-state index contributed by atoms with van der Waals surface area (Å²) in [4.78, 5) is 13.5. The van der Waals surface area contributed by atoms with E-state index in [9.17, 15) is 27.1 Å².